The van der Waals surface area contributed by atoms with Crippen molar-refractivity contribution in [2.75, 3.05) is 6.54 Å². The number of hydrogen-bond acceptors (Lipinski definition) is 6. The molecule has 0 aliphatic carbocycles. The zero-order chi connectivity index (χ0) is 21.7. The first-order valence-electron chi connectivity index (χ1n) is 9.53. The predicted molar refractivity (Wildman–Crippen MR) is 112 cm³/mol. The number of nitro groups is 1. The van der Waals surface area contributed by atoms with Gasteiger partial charge in [-0.25, -0.2) is 0 Å². The summed E-state index contributed by atoms with van der Waals surface area (Å²) in [4.78, 5) is 29.6. The van der Waals surface area contributed by atoms with Crippen molar-refractivity contribution in [3.63, 3.8) is 0 Å². The molecule has 0 spiro atoms. The van der Waals surface area contributed by atoms with Gasteiger partial charge in [0.05, 0.1) is 15.5 Å². The fraction of sp³-hybridized carbons (Fsp3) is 0.286. The summed E-state index contributed by atoms with van der Waals surface area (Å²) < 4.78 is 5.30. The Morgan fingerprint density at radius 3 is 2.73 bits per heavy atom. The van der Waals surface area contributed by atoms with E-state index in [0.717, 1.165) is 6.42 Å². The van der Waals surface area contributed by atoms with E-state index in [-0.39, 0.29) is 23.5 Å². The van der Waals surface area contributed by atoms with Crippen molar-refractivity contribution < 1.29 is 14.2 Å². The van der Waals surface area contributed by atoms with Gasteiger partial charge in [0.15, 0.2) is 0 Å². The first-order chi connectivity index (χ1) is 14.4. The van der Waals surface area contributed by atoms with E-state index in [1.54, 1.807) is 41.3 Å². The number of nitrogens with zero attached hydrogens (tertiary/aromatic N) is 4. The summed E-state index contributed by atoms with van der Waals surface area (Å²) in [6.45, 7) is 4.34. The van der Waals surface area contributed by atoms with Gasteiger partial charge in [0.2, 0.25) is 11.7 Å². The minimum Gasteiger partial charge on any atom is -0.339 e. The number of carbonyl (C=O) groups is 1. The quantitative estimate of drug-likeness (QED) is 0.377. The molecule has 0 fully saturated rings. The summed E-state index contributed by atoms with van der Waals surface area (Å²) in [5, 5.41) is 15.3. The van der Waals surface area contributed by atoms with Crippen molar-refractivity contribution in [2.45, 2.75) is 32.7 Å². The average Bonchev–Trinajstić information content (AvgIpc) is 3.23. The Kier molecular flexibility index (Phi) is 6.79. The highest BCUT2D eigenvalue weighted by Gasteiger charge is 2.23. The van der Waals surface area contributed by atoms with Crippen molar-refractivity contribution >= 4 is 23.2 Å². The lowest BCUT2D eigenvalue weighted by atomic mass is 10.1. The fourth-order valence-electron chi connectivity index (χ4n) is 2.98. The molecule has 0 aliphatic rings. The van der Waals surface area contributed by atoms with Gasteiger partial charge in [-0.1, -0.05) is 47.9 Å². The number of halogens is 1. The molecule has 0 bridgehead atoms. The number of carbonyl (C=O) groups excluding carboxylic acids is 1. The zero-order valence-corrected chi connectivity index (χ0v) is 17.4. The summed E-state index contributed by atoms with van der Waals surface area (Å²) in [6, 6.07) is 13.0. The Labute approximate surface area is 178 Å². The van der Waals surface area contributed by atoms with Gasteiger partial charge in [-0.05, 0) is 25.5 Å². The zero-order valence-electron chi connectivity index (χ0n) is 16.6. The molecular weight excluding hydrogens is 408 g/mol. The van der Waals surface area contributed by atoms with Gasteiger partial charge in [0.1, 0.15) is 0 Å². The highest BCUT2D eigenvalue weighted by atomic mass is 35.5. The predicted octanol–water partition coefficient (Wildman–Crippen LogP) is 4.78. The van der Waals surface area contributed by atoms with Crippen LogP contribution in [0.1, 0.15) is 36.5 Å². The van der Waals surface area contributed by atoms with Crippen LogP contribution in [0, 0.1) is 10.1 Å². The lowest BCUT2D eigenvalue weighted by Crippen LogP contribution is -2.40. The van der Waals surface area contributed by atoms with Crippen LogP contribution >= 0.6 is 11.6 Å². The van der Waals surface area contributed by atoms with Gasteiger partial charge in [0, 0.05) is 36.7 Å². The minimum atomic E-state index is -0.477. The van der Waals surface area contributed by atoms with Crippen LogP contribution in [-0.4, -0.2) is 38.5 Å². The molecular formula is C21H21ClN4O4. The van der Waals surface area contributed by atoms with Crippen LogP contribution in [0.2, 0.25) is 5.02 Å². The molecule has 0 aliphatic heterocycles. The SMILES string of the molecule is CCC(C)N(CCc1nc(-c2cccc([N+](=O)[O-])c2)no1)C(=O)c1ccccc1Cl. The van der Waals surface area contributed by atoms with Crippen molar-refractivity contribution in [2.24, 2.45) is 0 Å². The standard InChI is InChI=1S/C21H21ClN4O4/c1-3-14(2)25(21(27)17-9-4-5-10-18(17)22)12-11-19-23-20(24-30-19)15-7-6-8-16(13-15)26(28)29/h4-10,13-14H,3,11-12H2,1-2H3. The minimum absolute atomic E-state index is 0.00654. The average molecular weight is 429 g/mol. The molecule has 0 saturated heterocycles. The van der Waals surface area contributed by atoms with E-state index >= 15 is 0 Å². The third-order valence-electron chi connectivity index (χ3n) is 4.84. The van der Waals surface area contributed by atoms with E-state index in [0.29, 0.717) is 35.0 Å². The van der Waals surface area contributed by atoms with Crippen molar-refractivity contribution in [3.8, 4) is 11.4 Å². The number of nitro benzene ring substituents is 1. The van der Waals surface area contributed by atoms with E-state index in [9.17, 15) is 14.9 Å². The smallest absolute Gasteiger partial charge is 0.270 e. The fourth-order valence-corrected chi connectivity index (χ4v) is 3.20. The van der Waals surface area contributed by atoms with Crippen LogP contribution in [0.4, 0.5) is 5.69 Å². The van der Waals surface area contributed by atoms with Gasteiger partial charge >= 0.3 is 0 Å². The summed E-state index contributed by atoms with van der Waals surface area (Å²) in [6.07, 6.45) is 1.13. The number of benzene rings is 2. The largest absolute Gasteiger partial charge is 0.339 e. The Balaban J connectivity index is 1.75. The Bertz CT molecular complexity index is 1050. The Morgan fingerprint density at radius 1 is 1.27 bits per heavy atom. The molecule has 156 valence electrons. The molecule has 3 rings (SSSR count). The summed E-state index contributed by atoms with van der Waals surface area (Å²) in [7, 11) is 0. The third kappa shape index (κ3) is 4.83. The maximum Gasteiger partial charge on any atom is 0.270 e. The third-order valence-corrected chi connectivity index (χ3v) is 5.17. The Hall–Kier alpha value is -3.26. The molecule has 8 nitrogen and oxygen atoms in total. The van der Waals surface area contributed by atoms with Crippen LogP contribution in [0.5, 0.6) is 0 Å². The van der Waals surface area contributed by atoms with E-state index < -0.39 is 4.92 Å². The van der Waals surface area contributed by atoms with E-state index in [4.69, 9.17) is 16.1 Å². The number of non-ortho nitro benzene ring substituents is 1. The van der Waals surface area contributed by atoms with Gasteiger partial charge in [-0.15, -0.1) is 0 Å². The maximum atomic E-state index is 13.0. The summed E-state index contributed by atoms with van der Waals surface area (Å²) >= 11 is 6.20. The molecule has 0 saturated carbocycles. The molecule has 1 unspecified atom stereocenters. The number of amides is 1. The highest BCUT2D eigenvalue weighted by Crippen LogP contribution is 2.22. The number of aromatic nitrogens is 2. The molecule has 2 aromatic carbocycles. The van der Waals surface area contributed by atoms with Crippen molar-refractivity contribution in [1.82, 2.24) is 15.0 Å². The van der Waals surface area contributed by atoms with E-state index in [1.807, 2.05) is 13.8 Å². The number of rotatable bonds is 8. The molecule has 1 aromatic heterocycles. The van der Waals surface area contributed by atoms with Gasteiger partial charge < -0.3 is 9.42 Å². The van der Waals surface area contributed by atoms with Crippen LogP contribution < -0.4 is 0 Å². The molecule has 3 aromatic rings. The Morgan fingerprint density at radius 2 is 2.03 bits per heavy atom. The molecule has 30 heavy (non-hydrogen) atoms. The molecule has 1 atom stereocenters. The molecule has 0 radical (unpaired) electrons. The van der Waals surface area contributed by atoms with Gasteiger partial charge in [-0.3, -0.25) is 14.9 Å². The molecule has 1 amide bonds. The normalized spacial score (nSPS) is 11.8. The van der Waals surface area contributed by atoms with E-state index in [2.05, 4.69) is 10.1 Å². The molecule has 9 heteroatoms. The second kappa shape index (κ2) is 9.49. The van der Waals surface area contributed by atoms with Gasteiger partial charge in [-0.2, -0.15) is 4.98 Å². The first-order valence-corrected chi connectivity index (χ1v) is 9.91. The van der Waals surface area contributed by atoms with Crippen LogP contribution in [0.25, 0.3) is 11.4 Å². The summed E-state index contributed by atoms with van der Waals surface area (Å²) in [5.41, 5.74) is 0.888. The lowest BCUT2D eigenvalue weighted by molar-refractivity contribution is -0.384. The number of hydrogen-bond donors (Lipinski definition) is 0. The lowest BCUT2D eigenvalue weighted by Gasteiger charge is -2.28. The van der Waals surface area contributed by atoms with Crippen molar-refractivity contribution in [1.29, 1.82) is 0 Å². The second-order valence-electron chi connectivity index (χ2n) is 6.80. The summed E-state index contributed by atoms with van der Waals surface area (Å²) in [5.74, 6) is 0.450. The maximum absolute atomic E-state index is 13.0. The van der Waals surface area contributed by atoms with Crippen molar-refractivity contribution in [3.05, 3.63) is 75.1 Å². The first kappa shape index (κ1) is 21.4. The molecule has 0 N–H and O–H groups in total. The topological polar surface area (TPSA) is 102 Å². The monoisotopic (exact) mass is 428 g/mol. The van der Waals surface area contributed by atoms with Crippen LogP contribution in [-0.2, 0) is 6.42 Å². The van der Waals surface area contributed by atoms with E-state index in [1.165, 1.54) is 12.1 Å². The highest BCUT2D eigenvalue weighted by molar-refractivity contribution is 6.33. The van der Waals surface area contributed by atoms with Gasteiger partial charge in [0.25, 0.3) is 11.6 Å². The van der Waals surface area contributed by atoms with Crippen LogP contribution in [0.3, 0.4) is 0 Å². The second-order valence-corrected chi connectivity index (χ2v) is 7.21. The molecule has 1 heterocycles. The van der Waals surface area contributed by atoms with Crippen LogP contribution in [0.15, 0.2) is 53.1 Å².